The van der Waals surface area contributed by atoms with E-state index in [1.165, 1.54) is 6.07 Å². The summed E-state index contributed by atoms with van der Waals surface area (Å²) in [4.78, 5) is 16.1. The number of carbonyl (C=O) groups excluding carboxylic acids is 1. The van der Waals surface area contributed by atoms with Crippen LogP contribution >= 0.6 is 27.5 Å². The minimum atomic E-state index is -0.361. The molecule has 0 radical (unpaired) electrons. The highest BCUT2D eigenvalue weighted by molar-refractivity contribution is 9.10. The Kier molecular flexibility index (Phi) is 4.17. The van der Waals surface area contributed by atoms with E-state index < -0.39 is 0 Å². The third-order valence-corrected chi connectivity index (χ3v) is 4.34. The van der Waals surface area contributed by atoms with Crippen LogP contribution in [0.1, 0.15) is 25.1 Å². The molecule has 1 heterocycles. The first-order chi connectivity index (χ1) is 10.1. The van der Waals surface area contributed by atoms with E-state index in [0.29, 0.717) is 34.8 Å². The van der Waals surface area contributed by atoms with Crippen molar-refractivity contribution >= 4 is 44.5 Å². The maximum atomic E-state index is 13.6. The van der Waals surface area contributed by atoms with Gasteiger partial charge in [0.1, 0.15) is 11.6 Å². The first-order valence-corrected chi connectivity index (χ1v) is 8.10. The summed E-state index contributed by atoms with van der Waals surface area (Å²) in [6.45, 7) is 0.481. The van der Waals surface area contributed by atoms with E-state index in [0.717, 1.165) is 18.4 Å². The Bertz CT molecular complexity index is 699. The third kappa shape index (κ3) is 3.21. The normalized spacial score (nSPS) is 14.6. The number of carbonyl (C=O) groups is 1. The lowest BCUT2D eigenvalue weighted by atomic mass is 10.3. The molecular formula is C14H14BrClFN3O. The Morgan fingerprint density at radius 3 is 2.95 bits per heavy atom. The van der Waals surface area contributed by atoms with E-state index in [1.807, 2.05) is 4.57 Å². The van der Waals surface area contributed by atoms with Crippen LogP contribution in [0.15, 0.2) is 16.6 Å². The molecule has 1 saturated carbocycles. The second-order valence-electron chi connectivity index (χ2n) is 5.16. The fraction of sp³-hybridized carbons (Fsp3) is 0.429. The summed E-state index contributed by atoms with van der Waals surface area (Å²) in [6.07, 6.45) is 2.50. The summed E-state index contributed by atoms with van der Waals surface area (Å²) in [6, 6.07) is 3.40. The van der Waals surface area contributed by atoms with Crippen molar-refractivity contribution in [2.75, 3.05) is 0 Å². The predicted molar refractivity (Wildman–Crippen MR) is 82.7 cm³/mol. The predicted octanol–water partition coefficient (Wildman–Crippen LogP) is 3.35. The average Bonchev–Trinajstić information content (AvgIpc) is 3.19. The van der Waals surface area contributed by atoms with Crippen LogP contribution in [-0.4, -0.2) is 21.5 Å². The molecule has 1 N–H and O–H groups in total. The van der Waals surface area contributed by atoms with Gasteiger partial charge >= 0.3 is 0 Å². The number of aryl methyl sites for hydroxylation is 1. The average molecular weight is 375 g/mol. The summed E-state index contributed by atoms with van der Waals surface area (Å²) >= 11 is 9.08. The first-order valence-electron chi connectivity index (χ1n) is 6.78. The summed E-state index contributed by atoms with van der Waals surface area (Å²) in [5.41, 5.74) is 1.33. The number of benzene rings is 1. The van der Waals surface area contributed by atoms with Crippen molar-refractivity contribution in [3.8, 4) is 0 Å². The van der Waals surface area contributed by atoms with E-state index >= 15 is 0 Å². The van der Waals surface area contributed by atoms with Crippen molar-refractivity contribution in [1.82, 2.24) is 14.9 Å². The standard InChI is InChI=1S/C14H14BrClFN3O/c15-9-5-12-11(6-10(9)17)19-13(7-16)20(12)4-3-14(21)18-8-1-2-8/h5-6,8H,1-4,7H2,(H,18,21). The summed E-state index contributed by atoms with van der Waals surface area (Å²) in [5, 5.41) is 2.95. The van der Waals surface area contributed by atoms with E-state index in [1.54, 1.807) is 6.07 Å². The topological polar surface area (TPSA) is 46.9 Å². The Balaban J connectivity index is 1.84. The van der Waals surface area contributed by atoms with Crippen LogP contribution in [0.5, 0.6) is 0 Å². The minimum absolute atomic E-state index is 0.0287. The quantitative estimate of drug-likeness (QED) is 0.816. The van der Waals surface area contributed by atoms with Gasteiger partial charge in [-0.05, 0) is 34.8 Å². The molecule has 0 unspecified atom stereocenters. The van der Waals surface area contributed by atoms with E-state index in [9.17, 15) is 9.18 Å². The summed E-state index contributed by atoms with van der Waals surface area (Å²) in [5.74, 6) is 0.530. The van der Waals surface area contributed by atoms with E-state index in [4.69, 9.17) is 11.6 Å². The van der Waals surface area contributed by atoms with Gasteiger partial charge in [-0.1, -0.05) is 0 Å². The summed E-state index contributed by atoms with van der Waals surface area (Å²) < 4.78 is 15.8. The molecule has 21 heavy (non-hydrogen) atoms. The van der Waals surface area contributed by atoms with Gasteiger partial charge in [0.2, 0.25) is 5.91 Å². The Labute approximate surface area is 134 Å². The number of halogens is 3. The highest BCUT2D eigenvalue weighted by atomic mass is 79.9. The van der Waals surface area contributed by atoms with Crippen LogP contribution in [0.2, 0.25) is 0 Å². The second-order valence-corrected chi connectivity index (χ2v) is 6.28. The fourth-order valence-corrected chi connectivity index (χ4v) is 2.80. The van der Waals surface area contributed by atoms with Crippen LogP contribution in [-0.2, 0) is 17.2 Å². The lowest BCUT2D eigenvalue weighted by Gasteiger charge is -2.08. The largest absolute Gasteiger partial charge is 0.353 e. The lowest BCUT2D eigenvalue weighted by Crippen LogP contribution is -2.26. The van der Waals surface area contributed by atoms with E-state index in [-0.39, 0.29) is 17.6 Å². The molecule has 0 atom stereocenters. The fourth-order valence-electron chi connectivity index (χ4n) is 2.26. The number of nitrogens with one attached hydrogen (secondary N) is 1. The summed E-state index contributed by atoms with van der Waals surface area (Å²) in [7, 11) is 0. The number of nitrogens with zero attached hydrogens (tertiary/aromatic N) is 2. The Morgan fingerprint density at radius 2 is 2.29 bits per heavy atom. The maximum absolute atomic E-state index is 13.6. The van der Waals surface area contributed by atoms with Crippen LogP contribution in [0.25, 0.3) is 11.0 Å². The van der Waals surface area contributed by atoms with Gasteiger partial charge in [0.05, 0.1) is 21.4 Å². The van der Waals surface area contributed by atoms with Crippen molar-refractivity contribution in [2.24, 2.45) is 0 Å². The zero-order valence-electron chi connectivity index (χ0n) is 11.2. The van der Waals surface area contributed by atoms with Gasteiger partial charge in [-0.3, -0.25) is 4.79 Å². The maximum Gasteiger partial charge on any atom is 0.222 e. The van der Waals surface area contributed by atoms with Gasteiger partial charge in [-0.15, -0.1) is 11.6 Å². The molecule has 0 saturated heterocycles. The van der Waals surface area contributed by atoms with E-state index in [2.05, 4.69) is 26.2 Å². The number of hydrogen-bond acceptors (Lipinski definition) is 2. The van der Waals surface area contributed by atoms with Gasteiger partial charge in [0, 0.05) is 25.1 Å². The Morgan fingerprint density at radius 1 is 1.52 bits per heavy atom. The van der Waals surface area contributed by atoms with Crippen LogP contribution in [0.4, 0.5) is 4.39 Å². The van der Waals surface area contributed by atoms with Gasteiger partial charge in [0.25, 0.3) is 0 Å². The van der Waals surface area contributed by atoms with Crippen molar-refractivity contribution < 1.29 is 9.18 Å². The number of hydrogen-bond donors (Lipinski definition) is 1. The van der Waals surface area contributed by atoms with Gasteiger partial charge in [0.15, 0.2) is 0 Å². The molecule has 4 nitrogen and oxygen atoms in total. The zero-order valence-corrected chi connectivity index (χ0v) is 13.5. The van der Waals surface area contributed by atoms with Crippen LogP contribution < -0.4 is 5.32 Å². The number of imidazole rings is 1. The molecule has 1 fully saturated rings. The smallest absolute Gasteiger partial charge is 0.222 e. The SMILES string of the molecule is O=C(CCn1c(CCl)nc2cc(F)c(Br)cc21)NC1CC1. The molecule has 0 bridgehead atoms. The van der Waals surface area contributed by atoms with Crippen LogP contribution in [0.3, 0.4) is 0 Å². The Hall–Kier alpha value is -1.14. The number of rotatable bonds is 5. The lowest BCUT2D eigenvalue weighted by molar-refractivity contribution is -0.121. The molecule has 0 spiro atoms. The highest BCUT2D eigenvalue weighted by Crippen LogP contribution is 2.25. The molecule has 3 rings (SSSR count). The van der Waals surface area contributed by atoms with Gasteiger partial charge in [-0.25, -0.2) is 9.37 Å². The molecule has 2 aromatic rings. The minimum Gasteiger partial charge on any atom is -0.353 e. The number of amides is 1. The molecule has 112 valence electrons. The van der Waals surface area contributed by atoms with Crippen molar-refractivity contribution in [3.05, 3.63) is 28.2 Å². The monoisotopic (exact) mass is 373 g/mol. The van der Waals surface area contributed by atoms with Crippen molar-refractivity contribution in [2.45, 2.75) is 37.7 Å². The third-order valence-electron chi connectivity index (χ3n) is 3.49. The number of aromatic nitrogens is 2. The molecule has 1 aromatic heterocycles. The molecule has 1 aliphatic rings. The number of fused-ring (bicyclic) bond motifs is 1. The molecule has 1 amide bonds. The second kappa shape index (κ2) is 5.93. The first kappa shape index (κ1) is 14.8. The molecule has 1 aliphatic carbocycles. The molecule has 0 aliphatic heterocycles. The van der Waals surface area contributed by atoms with Gasteiger partial charge in [-0.2, -0.15) is 0 Å². The molecule has 1 aromatic carbocycles. The van der Waals surface area contributed by atoms with Crippen molar-refractivity contribution in [3.63, 3.8) is 0 Å². The van der Waals surface area contributed by atoms with Gasteiger partial charge < -0.3 is 9.88 Å². The molecular weight excluding hydrogens is 361 g/mol. The van der Waals surface area contributed by atoms with Crippen LogP contribution in [0, 0.1) is 5.82 Å². The van der Waals surface area contributed by atoms with Crippen molar-refractivity contribution in [1.29, 1.82) is 0 Å². The molecule has 7 heteroatoms. The zero-order chi connectivity index (χ0) is 15.0. The number of alkyl halides is 1. The highest BCUT2D eigenvalue weighted by Gasteiger charge is 2.23.